The van der Waals surface area contributed by atoms with Crippen molar-refractivity contribution in [1.82, 2.24) is 10.6 Å². The number of thioether (sulfide) groups is 1. The van der Waals surface area contributed by atoms with Crippen LogP contribution in [0.1, 0.15) is 16.7 Å². The normalized spacial score (nSPS) is 18.4. The number of nitrogens with one attached hydrogen (secondary N) is 2. The van der Waals surface area contributed by atoms with Crippen molar-refractivity contribution in [3.63, 3.8) is 0 Å². The lowest BCUT2D eigenvalue weighted by Gasteiger charge is -2.14. The van der Waals surface area contributed by atoms with Gasteiger partial charge >= 0.3 is 0 Å². The molecule has 0 saturated carbocycles. The standard InChI is InChI=1S/C14H20N2O2S/c1-9-4-11(13(18-3)5-10(9)2)6-15-14(17)12-7-19-8-16-12/h4-5,12,16H,6-8H2,1-3H3,(H,15,17). The average Bonchev–Trinajstić information content (AvgIpc) is 2.93. The summed E-state index contributed by atoms with van der Waals surface area (Å²) in [7, 11) is 1.66. The summed E-state index contributed by atoms with van der Waals surface area (Å²) in [6.07, 6.45) is 0. The Kier molecular flexibility index (Phi) is 4.71. The molecule has 5 heteroatoms. The van der Waals surface area contributed by atoms with E-state index in [0.29, 0.717) is 6.54 Å². The molecule has 4 nitrogen and oxygen atoms in total. The predicted octanol–water partition coefficient (Wildman–Crippen LogP) is 1.59. The van der Waals surface area contributed by atoms with Crippen LogP contribution >= 0.6 is 11.8 Å². The summed E-state index contributed by atoms with van der Waals surface area (Å²) in [5.74, 6) is 2.59. The van der Waals surface area contributed by atoms with E-state index in [1.54, 1.807) is 18.9 Å². The summed E-state index contributed by atoms with van der Waals surface area (Å²) < 4.78 is 5.37. The number of benzene rings is 1. The molecule has 1 saturated heterocycles. The van der Waals surface area contributed by atoms with Crippen LogP contribution in [0, 0.1) is 13.8 Å². The Labute approximate surface area is 118 Å². The summed E-state index contributed by atoms with van der Waals surface area (Å²) >= 11 is 1.75. The zero-order valence-corrected chi connectivity index (χ0v) is 12.4. The van der Waals surface area contributed by atoms with E-state index in [0.717, 1.165) is 22.9 Å². The van der Waals surface area contributed by atoms with E-state index in [2.05, 4.69) is 30.5 Å². The monoisotopic (exact) mass is 280 g/mol. The van der Waals surface area contributed by atoms with Gasteiger partial charge in [0.2, 0.25) is 5.91 Å². The Hall–Kier alpha value is -1.20. The van der Waals surface area contributed by atoms with Crippen LogP contribution < -0.4 is 15.4 Å². The van der Waals surface area contributed by atoms with Gasteiger partial charge in [0.15, 0.2) is 0 Å². The zero-order chi connectivity index (χ0) is 13.8. The topological polar surface area (TPSA) is 50.4 Å². The number of rotatable bonds is 4. The number of hydrogen-bond donors (Lipinski definition) is 2. The fourth-order valence-electron chi connectivity index (χ4n) is 2.05. The number of ether oxygens (including phenoxy) is 1. The van der Waals surface area contributed by atoms with Crippen LogP contribution in [0.15, 0.2) is 12.1 Å². The largest absolute Gasteiger partial charge is 0.496 e. The van der Waals surface area contributed by atoms with E-state index < -0.39 is 0 Å². The quantitative estimate of drug-likeness (QED) is 0.879. The molecule has 0 bridgehead atoms. The molecule has 1 atom stereocenters. The van der Waals surface area contributed by atoms with Crippen molar-refractivity contribution in [2.75, 3.05) is 18.7 Å². The second kappa shape index (κ2) is 6.30. The van der Waals surface area contributed by atoms with Gasteiger partial charge in [0.1, 0.15) is 5.75 Å². The van der Waals surface area contributed by atoms with Gasteiger partial charge in [-0.1, -0.05) is 6.07 Å². The van der Waals surface area contributed by atoms with E-state index in [4.69, 9.17) is 4.74 Å². The first kappa shape index (κ1) is 14.2. The zero-order valence-electron chi connectivity index (χ0n) is 11.6. The molecule has 2 N–H and O–H groups in total. The number of carbonyl (C=O) groups excluding carboxylic acids is 1. The molecule has 1 fully saturated rings. The van der Waals surface area contributed by atoms with Crippen molar-refractivity contribution < 1.29 is 9.53 Å². The molecule has 1 aromatic rings. The van der Waals surface area contributed by atoms with Crippen LogP contribution in [0.25, 0.3) is 0 Å². The molecule has 1 aliphatic heterocycles. The maximum absolute atomic E-state index is 11.9. The summed E-state index contributed by atoms with van der Waals surface area (Å²) in [5, 5.41) is 6.13. The molecule has 1 heterocycles. The van der Waals surface area contributed by atoms with Crippen molar-refractivity contribution in [2.24, 2.45) is 0 Å². The smallest absolute Gasteiger partial charge is 0.238 e. The highest BCUT2D eigenvalue weighted by Crippen LogP contribution is 2.23. The first-order valence-corrected chi connectivity index (χ1v) is 7.50. The Morgan fingerprint density at radius 3 is 2.84 bits per heavy atom. The fourth-order valence-corrected chi connectivity index (χ4v) is 2.99. The van der Waals surface area contributed by atoms with E-state index in [9.17, 15) is 4.79 Å². The maximum Gasteiger partial charge on any atom is 0.238 e. The van der Waals surface area contributed by atoms with Crippen molar-refractivity contribution in [3.05, 3.63) is 28.8 Å². The number of hydrogen-bond acceptors (Lipinski definition) is 4. The highest BCUT2D eigenvalue weighted by molar-refractivity contribution is 7.99. The first-order valence-electron chi connectivity index (χ1n) is 6.34. The average molecular weight is 280 g/mol. The van der Waals surface area contributed by atoms with Gasteiger partial charge in [-0.15, -0.1) is 11.8 Å². The SMILES string of the molecule is COc1cc(C)c(C)cc1CNC(=O)C1CSCN1. The third-order valence-electron chi connectivity index (χ3n) is 3.38. The molecular weight excluding hydrogens is 260 g/mol. The molecule has 19 heavy (non-hydrogen) atoms. The number of aryl methyl sites for hydroxylation is 2. The number of carbonyl (C=O) groups is 1. The molecule has 1 aromatic carbocycles. The molecule has 0 aliphatic carbocycles. The molecule has 1 amide bonds. The fraction of sp³-hybridized carbons (Fsp3) is 0.500. The Morgan fingerprint density at radius 2 is 2.21 bits per heavy atom. The molecular formula is C14H20N2O2S. The van der Waals surface area contributed by atoms with Crippen LogP contribution in [-0.2, 0) is 11.3 Å². The van der Waals surface area contributed by atoms with E-state index in [-0.39, 0.29) is 11.9 Å². The van der Waals surface area contributed by atoms with Crippen LogP contribution in [0.4, 0.5) is 0 Å². The second-order valence-electron chi connectivity index (χ2n) is 4.74. The van der Waals surface area contributed by atoms with Gasteiger partial charge in [-0.25, -0.2) is 0 Å². The molecule has 1 aliphatic rings. The summed E-state index contributed by atoms with van der Waals surface area (Å²) in [4.78, 5) is 11.9. The lowest BCUT2D eigenvalue weighted by atomic mass is 10.0. The van der Waals surface area contributed by atoms with Gasteiger partial charge in [0, 0.05) is 23.7 Å². The van der Waals surface area contributed by atoms with Crippen LogP contribution in [0.5, 0.6) is 5.75 Å². The molecule has 0 radical (unpaired) electrons. The van der Waals surface area contributed by atoms with Gasteiger partial charge in [0.05, 0.1) is 13.2 Å². The van der Waals surface area contributed by atoms with Gasteiger partial charge in [-0.05, 0) is 31.0 Å². The van der Waals surface area contributed by atoms with E-state index in [1.165, 1.54) is 11.1 Å². The third-order valence-corrected chi connectivity index (χ3v) is 4.32. The summed E-state index contributed by atoms with van der Waals surface area (Å²) in [5.41, 5.74) is 3.42. The van der Waals surface area contributed by atoms with Gasteiger partial charge in [-0.3, -0.25) is 10.1 Å². The molecule has 0 aromatic heterocycles. The first-order chi connectivity index (χ1) is 9.11. The van der Waals surface area contributed by atoms with Crippen molar-refractivity contribution >= 4 is 17.7 Å². The molecule has 1 unspecified atom stereocenters. The Balaban J connectivity index is 2.02. The Bertz CT molecular complexity index is 471. The molecule has 2 rings (SSSR count). The summed E-state index contributed by atoms with van der Waals surface area (Å²) in [6.45, 7) is 4.63. The van der Waals surface area contributed by atoms with Crippen molar-refractivity contribution in [2.45, 2.75) is 26.4 Å². The number of amides is 1. The third kappa shape index (κ3) is 3.42. The lowest BCUT2D eigenvalue weighted by Crippen LogP contribution is -2.41. The number of methoxy groups -OCH3 is 1. The maximum atomic E-state index is 11.9. The minimum atomic E-state index is -0.0671. The van der Waals surface area contributed by atoms with E-state index in [1.807, 2.05) is 6.07 Å². The lowest BCUT2D eigenvalue weighted by molar-refractivity contribution is -0.122. The second-order valence-corrected chi connectivity index (χ2v) is 5.77. The van der Waals surface area contributed by atoms with Crippen LogP contribution in [-0.4, -0.2) is 30.7 Å². The molecule has 0 spiro atoms. The van der Waals surface area contributed by atoms with E-state index >= 15 is 0 Å². The minimum Gasteiger partial charge on any atom is -0.496 e. The van der Waals surface area contributed by atoms with Gasteiger partial charge in [-0.2, -0.15) is 0 Å². The summed E-state index contributed by atoms with van der Waals surface area (Å²) in [6, 6.07) is 4.02. The Morgan fingerprint density at radius 1 is 1.47 bits per heavy atom. The highest BCUT2D eigenvalue weighted by atomic mass is 32.2. The van der Waals surface area contributed by atoms with Crippen molar-refractivity contribution in [1.29, 1.82) is 0 Å². The highest BCUT2D eigenvalue weighted by Gasteiger charge is 2.22. The molecule has 104 valence electrons. The van der Waals surface area contributed by atoms with Gasteiger partial charge in [0.25, 0.3) is 0 Å². The minimum absolute atomic E-state index is 0.0604. The predicted molar refractivity (Wildman–Crippen MR) is 78.6 cm³/mol. The van der Waals surface area contributed by atoms with Crippen molar-refractivity contribution in [3.8, 4) is 5.75 Å². The van der Waals surface area contributed by atoms with Gasteiger partial charge < -0.3 is 10.1 Å². The van der Waals surface area contributed by atoms with Crippen LogP contribution in [0.3, 0.4) is 0 Å². The van der Waals surface area contributed by atoms with Crippen LogP contribution in [0.2, 0.25) is 0 Å².